The molecule has 0 unspecified atom stereocenters. The number of nitrogens with zero attached hydrogens (tertiary/aromatic N) is 3. The second-order valence-corrected chi connectivity index (χ2v) is 4.73. The molecule has 1 amide bonds. The summed E-state index contributed by atoms with van der Waals surface area (Å²) < 4.78 is 15.2. The van der Waals surface area contributed by atoms with E-state index >= 15 is 0 Å². The standard InChI is InChI=1S/C15H14FN5O/c16-12-3-1-2-11(8-12)14-13(9-19-20-14)15(22)18-5-7-21-6-4-17-10-21/h1-4,6,8-10H,5,7H2,(H,18,22)(H,19,20). The van der Waals surface area contributed by atoms with E-state index in [9.17, 15) is 9.18 Å². The van der Waals surface area contributed by atoms with Gasteiger partial charge in [0.15, 0.2) is 0 Å². The van der Waals surface area contributed by atoms with Crippen LogP contribution < -0.4 is 5.32 Å². The van der Waals surface area contributed by atoms with Crippen LogP contribution in [0, 0.1) is 5.82 Å². The van der Waals surface area contributed by atoms with Crippen molar-refractivity contribution in [2.75, 3.05) is 6.54 Å². The molecule has 22 heavy (non-hydrogen) atoms. The quantitative estimate of drug-likeness (QED) is 0.755. The predicted molar refractivity (Wildman–Crippen MR) is 78.5 cm³/mol. The van der Waals surface area contributed by atoms with Crippen molar-refractivity contribution in [1.29, 1.82) is 0 Å². The van der Waals surface area contributed by atoms with Gasteiger partial charge < -0.3 is 9.88 Å². The Bertz CT molecular complexity index is 766. The van der Waals surface area contributed by atoms with Gasteiger partial charge in [-0.25, -0.2) is 9.37 Å². The minimum Gasteiger partial charge on any atom is -0.350 e. The van der Waals surface area contributed by atoms with E-state index in [2.05, 4.69) is 20.5 Å². The highest BCUT2D eigenvalue weighted by atomic mass is 19.1. The third kappa shape index (κ3) is 3.03. The highest BCUT2D eigenvalue weighted by Crippen LogP contribution is 2.21. The number of benzene rings is 1. The van der Waals surface area contributed by atoms with Crippen LogP contribution in [0.1, 0.15) is 10.4 Å². The topological polar surface area (TPSA) is 75.6 Å². The molecule has 0 spiro atoms. The molecule has 0 aliphatic carbocycles. The number of amides is 1. The van der Waals surface area contributed by atoms with Crippen LogP contribution in [-0.4, -0.2) is 32.2 Å². The predicted octanol–water partition coefficient (Wildman–Crippen LogP) is 1.84. The van der Waals surface area contributed by atoms with Gasteiger partial charge >= 0.3 is 0 Å². The molecular formula is C15H14FN5O. The van der Waals surface area contributed by atoms with Crippen molar-refractivity contribution in [3.05, 3.63) is 60.6 Å². The Balaban J connectivity index is 1.70. The van der Waals surface area contributed by atoms with Gasteiger partial charge in [0.25, 0.3) is 5.91 Å². The first-order valence-electron chi connectivity index (χ1n) is 6.77. The molecule has 0 saturated carbocycles. The summed E-state index contributed by atoms with van der Waals surface area (Å²) in [6.45, 7) is 1.09. The van der Waals surface area contributed by atoms with E-state index in [1.54, 1.807) is 24.7 Å². The number of rotatable bonds is 5. The molecule has 0 bridgehead atoms. The minimum atomic E-state index is -0.362. The van der Waals surface area contributed by atoms with Gasteiger partial charge in [-0.15, -0.1) is 0 Å². The van der Waals surface area contributed by atoms with Crippen molar-refractivity contribution in [3.8, 4) is 11.3 Å². The summed E-state index contributed by atoms with van der Waals surface area (Å²) in [4.78, 5) is 16.2. The zero-order valence-corrected chi connectivity index (χ0v) is 11.7. The summed E-state index contributed by atoms with van der Waals surface area (Å²) in [5, 5.41) is 9.43. The Kier molecular flexibility index (Phi) is 3.95. The van der Waals surface area contributed by atoms with Crippen molar-refractivity contribution in [3.63, 3.8) is 0 Å². The molecule has 2 N–H and O–H groups in total. The summed E-state index contributed by atoms with van der Waals surface area (Å²) in [5.41, 5.74) is 1.47. The van der Waals surface area contributed by atoms with E-state index < -0.39 is 0 Å². The number of imidazole rings is 1. The van der Waals surface area contributed by atoms with Gasteiger partial charge in [0.05, 0.1) is 23.8 Å². The number of nitrogens with one attached hydrogen (secondary N) is 2. The first-order valence-corrected chi connectivity index (χ1v) is 6.77. The molecule has 0 saturated heterocycles. The Morgan fingerprint density at radius 3 is 3.09 bits per heavy atom. The Labute approximate surface area is 126 Å². The molecule has 112 valence electrons. The summed E-state index contributed by atoms with van der Waals surface area (Å²) in [6, 6.07) is 6.02. The molecule has 0 aliphatic rings. The van der Waals surface area contributed by atoms with Crippen LogP contribution in [0.25, 0.3) is 11.3 Å². The molecule has 7 heteroatoms. The molecule has 1 aromatic carbocycles. The van der Waals surface area contributed by atoms with Gasteiger partial charge in [0.2, 0.25) is 0 Å². The fourth-order valence-corrected chi connectivity index (χ4v) is 2.14. The number of carbonyl (C=O) groups is 1. The van der Waals surface area contributed by atoms with Crippen molar-refractivity contribution in [2.24, 2.45) is 0 Å². The molecule has 0 radical (unpaired) electrons. The summed E-state index contributed by atoms with van der Waals surface area (Å²) >= 11 is 0. The van der Waals surface area contributed by atoms with Crippen LogP contribution in [0.15, 0.2) is 49.2 Å². The van der Waals surface area contributed by atoms with Gasteiger partial charge in [-0.3, -0.25) is 9.89 Å². The number of hydrogen-bond donors (Lipinski definition) is 2. The van der Waals surface area contributed by atoms with Gasteiger partial charge in [-0.1, -0.05) is 12.1 Å². The van der Waals surface area contributed by atoms with Crippen molar-refractivity contribution >= 4 is 5.91 Å². The van der Waals surface area contributed by atoms with Crippen LogP contribution in [0.4, 0.5) is 4.39 Å². The molecule has 0 aliphatic heterocycles. The molecule has 2 aromatic heterocycles. The lowest BCUT2D eigenvalue weighted by Gasteiger charge is -2.06. The van der Waals surface area contributed by atoms with Crippen LogP contribution >= 0.6 is 0 Å². The minimum absolute atomic E-state index is 0.256. The van der Waals surface area contributed by atoms with Crippen molar-refractivity contribution in [2.45, 2.75) is 6.54 Å². The van der Waals surface area contributed by atoms with E-state index in [1.807, 2.05) is 10.8 Å². The maximum Gasteiger partial charge on any atom is 0.255 e. The first-order chi connectivity index (χ1) is 10.7. The van der Waals surface area contributed by atoms with E-state index in [1.165, 1.54) is 18.3 Å². The van der Waals surface area contributed by atoms with E-state index in [4.69, 9.17) is 0 Å². The SMILES string of the molecule is O=C(NCCn1ccnc1)c1cn[nH]c1-c1cccc(F)c1. The van der Waals surface area contributed by atoms with Crippen LogP contribution in [0.3, 0.4) is 0 Å². The molecule has 6 nitrogen and oxygen atoms in total. The number of halogens is 1. The van der Waals surface area contributed by atoms with Gasteiger partial charge in [-0.2, -0.15) is 5.10 Å². The number of hydrogen-bond acceptors (Lipinski definition) is 3. The average Bonchev–Trinajstić information content (AvgIpc) is 3.18. The Morgan fingerprint density at radius 1 is 1.41 bits per heavy atom. The van der Waals surface area contributed by atoms with Gasteiger partial charge in [0, 0.05) is 31.0 Å². The van der Waals surface area contributed by atoms with E-state index in [0.717, 1.165) is 0 Å². The lowest BCUT2D eigenvalue weighted by atomic mass is 10.1. The third-order valence-electron chi connectivity index (χ3n) is 3.21. The van der Waals surface area contributed by atoms with Crippen LogP contribution in [0.2, 0.25) is 0 Å². The fraction of sp³-hybridized carbons (Fsp3) is 0.133. The van der Waals surface area contributed by atoms with Gasteiger partial charge in [-0.05, 0) is 12.1 Å². The van der Waals surface area contributed by atoms with Gasteiger partial charge in [0.1, 0.15) is 5.82 Å². The molecule has 2 heterocycles. The Hall–Kier alpha value is -2.96. The number of H-pyrrole nitrogens is 1. The van der Waals surface area contributed by atoms with E-state index in [-0.39, 0.29) is 11.7 Å². The number of aromatic nitrogens is 4. The highest BCUT2D eigenvalue weighted by Gasteiger charge is 2.15. The zero-order chi connectivity index (χ0) is 15.4. The first kappa shape index (κ1) is 14.0. The van der Waals surface area contributed by atoms with Crippen molar-refractivity contribution < 1.29 is 9.18 Å². The summed E-state index contributed by atoms with van der Waals surface area (Å²) in [7, 11) is 0. The largest absolute Gasteiger partial charge is 0.350 e. The second kappa shape index (κ2) is 6.21. The molecule has 0 fully saturated rings. The molecule has 3 rings (SSSR count). The Morgan fingerprint density at radius 2 is 2.32 bits per heavy atom. The van der Waals surface area contributed by atoms with Crippen molar-refractivity contribution in [1.82, 2.24) is 25.1 Å². The number of carbonyl (C=O) groups excluding carboxylic acids is 1. The zero-order valence-electron chi connectivity index (χ0n) is 11.7. The average molecular weight is 299 g/mol. The smallest absolute Gasteiger partial charge is 0.255 e. The molecule has 3 aromatic rings. The van der Waals surface area contributed by atoms with E-state index in [0.29, 0.717) is 29.9 Å². The third-order valence-corrected chi connectivity index (χ3v) is 3.21. The van der Waals surface area contributed by atoms with Crippen LogP contribution in [0.5, 0.6) is 0 Å². The number of aromatic amines is 1. The second-order valence-electron chi connectivity index (χ2n) is 4.73. The molecular weight excluding hydrogens is 285 g/mol. The highest BCUT2D eigenvalue weighted by molar-refractivity contribution is 5.99. The summed E-state index contributed by atoms with van der Waals surface area (Å²) in [6.07, 6.45) is 6.62. The monoisotopic (exact) mass is 299 g/mol. The summed E-state index contributed by atoms with van der Waals surface area (Å²) in [5.74, 6) is -0.619. The molecule has 0 atom stereocenters. The van der Waals surface area contributed by atoms with Crippen LogP contribution in [-0.2, 0) is 6.54 Å². The maximum absolute atomic E-state index is 13.3. The lowest BCUT2D eigenvalue weighted by molar-refractivity contribution is 0.0953. The maximum atomic E-state index is 13.3. The lowest BCUT2D eigenvalue weighted by Crippen LogP contribution is -2.27. The fourth-order valence-electron chi connectivity index (χ4n) is 2.14. The normalized spacial score (nSPS) is 10.6.